The minimum Gasteiger partial charge on any atom is -0.495 e. The number of nitrogens with one attached hydrogen (secondary N) is 3. The quantitative estimate of drug-likeness (QED) is 0.537. The highest BCUT2D eigenvalue weighted by molar-refractivity contribution is 7.92. The zero-order valence-electron chi connectivity index (χ0n) is 15.0. The maximum absolute atomic E-state index is 12.7. The summed E-state index contributed by atoms with van der Waals surface area (Å²) < 4.78 is 32.9. The summed E-state index contributed by atoms with van der Waals surface area (Å²) in [6.07, 6.45) is 0. The minimum absolute atomic E-state index is 0.104. The largest absolute Gasteiger partial charge is 0.495 e. The average molecular weight is 427 g/mol. The van der Waals surface area contributed by atoms with Gasteiger partial charge in [-0.05, 0) is 37.3 Å². The molecule has 0 radical (unpaired) electrons. The molecule has 11 heteroatoms. The van der Waals surface area contributed by atoms with Gasteiger partial charge in [0.1, 0.15) is 11.8 Å². The monoisotopic (exact) mass is 426 g/mol. The van der Waals surface area contributed by atoms with Crippen LogP contribution in [0.15, 0.2) is 47.4 Å². The van der Waals surface area contributed by atoms with E-state index in [1.807, 2.05) is 0 Å². The predicted octanol–water partition coefficient (Wildman–Crippen LogP) is 2.14. The third-order valence-corrected chi connectivity index (χ3v) is 5.30. The molecule has 28 heavy (non-hydrogen) atoms. The van der Waals surface area contributed by atoms with Gasteiger partial charge in [0.05, 0.1) is 28.4 Å². The Kier molecular flexibility index (Phi) is 6.71. The first kappa shape index (κ1) is 21.3. The van der Waals surface area contributed by atoms with Gasteiger partial charge in [-0.1, -0.05) is 23.7 Å². The number of benzene rings is 2. The predicted molar refractivity (Wildman–Crippen MR) is 106 cm³/mol. The fourth-order valence-corrected chi connectivity index (χ4v) is 3.56. The van der Waals surface area contributed by atoms with Crippen molar-refractivity contribution in [1.82, 2.24) is 5.32 Å². The molecule has 0 fully saturated rings. The number of hydrogen-bond donors (Lipinski definition) is 4. The fourth-order valence-electron chi connectivity index (χ4n) is 2.22. The topological polar surface area (TPSA) is 140 Å². The Labute approximate surface area is 167 Å². The van der Waals surface area contributed by atoms with Crippen molar-refractivity contribution in [2.45, 2.75) is 17.9 Å². The third kappa shape index (κ3) is 5.27. The molecule has 150 valence electrons. The summed E-state index contributed by atoms with van der Waals surface area (Å²) in [5.74, 6) is -0.373. The SMILES string of the molecule is COc1ccc(S(=O)(=O)Nc2ccccc2Cl)cc1NC(=O)C(C)NC(N)=O. The Morgan fingerprint density at radius 2 is 1.82 bits per heavy atom. The highest BCUT2D eigenvalue weighted by atomic mass is 35.5. The molecule has 0 spiro atoms. The second-order valence-electron chi connectivity index (χ2n) is 5.67. The molecule has 2 aromatic carbocycles. The van der Waals surface area contributed by atoms with Crippen LogP contribution in [-0.4, -0.2) is 33.5 Å². The number of methoxy groups -OCH3 is 1. The molecule has 0 aromatic heterocycles. The van der Waals surface area contributed by atoms with E-state index in [2.05, 4.69) is 15.4 Å². The number of hydrogen-bond acceptors (Lipinski definition) is 5. The van der Waals surface area contributed by atoms with Crippen LogP contribution in [0, 0.1) is 0 Å². The molecule has 0 aliphatic heterocycles. The first-order valence-corrected chi connectivity index (χ1v) is 9.82. The molecule has 2 aromatic rings. The highest BCUT2D eigenvalue weighted by Crippen LogP contribution is 2.30. The second kappa shape index (κ2) is 8.81. The van der Waals surface area contributed by atoms with Crippen molar-refractivity contribution in [2.24, 2.45) is 5.73 Å². The summed E-state index contributed by atoms with van der Waals surface area (Å²) in [6, 6.07) is 8.50. The summed E-state index contributed by atoms with van der Waals surface area (Å²) in [6.45, 7) is 1.42. The van der Waals surface area contributed by atoms with Gasteiger partial charge in [-0.15, -0.1) is 0 Å². The number of urea groups is 1. The lowest BCUT2D eigenvalue weighted by molar-refractivity contribution is -0.117. The van der Waals surface area contributed by atoms with E-state index in [4.69, 9.17) is 22.1 Å². The van der Waals surface area contributed by atoms with Crippen LogP contribution < -0.4 is 25.8 Å². The molecular formula is C17H19ClN4O5S. The molecular weight excluding hydrogens is 408 g/mol. The molecule has 0 saturated carbocycles. The standard InChI is InChI=1S/C17H19ClN4O5S/c1-10(20-17(19)24)16(23)21-14-9-11(7-8-15(14)27-2)28(25,26)22-13-6-4-3-5-12(13)18/h3-10,22H,1-2H3,(H,21,23)(H3,19,20,24). The number of primary amides is 1. The van der Waals surface area contributed by atoms with Crippen LogP contribution in [0.5, 0.6) is 5.75 Å². The molecule has 0 saturated heterocycles. The van der Waals surface area contributed by atoms with Gasteiger partial charge >= 0.3 is 6.03 Å². The van der Waals surface area contributed by atoms with Crippen molar-refractivity contribution in [3.8, 4) is 5.75 Å². The van der Waals surface area contributed by atoms with Crippen LogP contribution >= 0.6 is 11.6 Å². The molecule has 0 heterocycles. The maximum atomic E-state index is 12.7. The molecule has 0 aliphatic carbocycles. The lowest BCUT2D eigenvalue weighted by atomic mass is 10.2. The Bertz CT molecular complexity index is 997. The first-order valence-electron chi connectivity index (χ1n) is 7.96. The average Bonchev–Trinajstić information content (AvgIpc) is 2.62. The van der Waals surface area contributed by atoms with E-state index < -0.39 is 28.0 Å². The Morgan fingerprint density at radius 1 is 1.14 bits per heavy atom. The van der Waals surface area contributed by atoms with E-state index in [-0.39, 0.29) is 27.0 Å². The number of ether oxygens (including phenoxy) is 1. The molecule has 1 unspecified atom stereocenters. The van der Waals surface area contributed by atoms with Gasteiger partial charge in [0.15, 0.2) is 0 Å². The number of anilines is 2. The number of halogens is 1. The second-order valence-corrected chi connectivity index (χ2v) is 7.76. The van der Waals surface area contributed by atoms with E-state index >= 15 is 0 Å². The number of nitrogens with two attached hydrogens (primary N) is 1. The van der Waals surface area contributed by atoms with Gasteiger partial charge in [-0.2, -0.15) is 0 Å². The molecule has 1 atom stereocenters. The van der Waals surface area contributed by atoms with E-state index in [9.17, 15) is 18.0 Å². The number of sulfonamides is 1. The summed E-state index contributed by atoms with van der Waals surface area (Å²) in [7, 11) is -2.62. The maximum Gasteiger partial charge on any atom is 0.312 e. The minimum atomic E-state index is -3.99. The molecule has 9 nitrogen and oxygen atoms in total. The van der Waals surface area contributed by atoms with Gasteiger partial charge in [0.2, 0.25) is 5.91 Å². The number of carbonyl (C=O) groups excluding carboxylic acids is 2. The summed E-state index contributed by atoms with van der Waals surface area (Å²) in [4.78, 5) is 23.0. The van der Waals surface area contributed by atoms with E-state index in [1.165, 1.54) is 38.3 Å². The highest BCUT2D eigenvalue weighted by Gasteiger charge is 2.20. The first-order chi connectivity index (χ1) is 13.1. The Morgan fingerprint density at radius 3 is 2.43 bits per heavy atom. The van der Waals surface area contributed by atoms with Crippen LogP contribution in [0.25, 0.3) is 0 Å². The van der Waals surface area contributed by atoms with Crippen molar-refractivity contribution in [2.75, 3.05) is 17.1 Å². The number of amides is 3. The zero-order chi connectivity index (χ0) is 20.9. The van der Waals surface area contributed by atoms with Crippen LogP contribution in [0.3, 0.4) is 0 Å². The molecule has 2 rings (SSSR count). The van der Waals surface area contributed by atoms with Crippen molar-refractivity contribution in [3.05, 3.63) is 47.5 Å². The molecule has 3 amide bonds. The third-order valence-electron chi connectivity index (χ3n) is 3.61. The lowest BCUT2D eigenvalue weighted by Crippen LogP contribution is -2.44. The zero-order valence-corrected chi connectivity index (χ0v) is 16.6. The fraction of sp³-hybridized carbons (Fsp3) is 0.176. The van der Waals surface area contributed by atoms with Gasteiger partial charge in [0.25, 0.3) is 10.0 Å². The molecule has 0 bridgehead atoms. The lowest BCUT2D eigenvalue weighted by Gasteiger charge is -2.16. The van der Waals surface area contributed by atoms with E-state index in [0.29, 0.717) is 0 Å². The molecule has 5 N–H and O–H groups in total. The molecule has 0 aliphatic rings. The van der Waals surface area contributed by atoms with Gasteiger partial charge < -0.3 is 21.1 Å². The van der Waals surface area contributed by atoms with E-state index in [0.717, 1.165) is 0 Å². The normalized spacial score (nSPS) is 12.0. The Balaban J connectivity index is 2.32. The van der Waals surface area contributed by atoms with Gasteiger partial charge in [-0.3, -0.25) is 9.52 Å². The smallest absolute Gasteiger partial charge is 0.312 e. The van der Waals surface area contributed by atoms with Gasteiger partial charge in [-0.25, -0.2) is 13.2 Å². The van der Waals surface area contributed by atoms with Crippen LogP contribution in [0.4, 0.5) is 16.2 Å². The number of carbonyl (C=O) groups is 2. The van der Waals surface area contributed by atoms with Crippen molar-refractivity contribution < 1.29 is 22.7 Å². The van der Waals surface area contributed by atoms with E-state index in [1.54, 1.807) is 18.2 Å². The number of para-hydroxylation sites is 1. The Hall–Kier alpha value is -2.98. The van der Waals surface area contributed by atoms with Crippen molar-refractivity contribution >= 4 is 44.9 Å². The van der Waals surface area contributed by atoms with Crippen LogP contribution in [0.2, 0.25) is 5.02 Å². The number of rotatable bonds is 7. The van der Waals surface area contributed by atoms with Crippen LogP contribution in [0.1, 0.15) is 6.92 Å². The summed E-state index contributed by atoms with van der Waals surface area (Å²) in [5.41, 5.74) is 5.31. The van der Waals surface area contributed by atoms with Crippen molar-refractivity contribution in [3.63, 3.8) is 0 Å². The van der Waals surface area contributed by atoms with Crippen LogP contribution in [-0.2, 0) is 14.8 Å². The van der Waals surface area contributed by atoms with Gasteiger partial charge in [0, 0.05) is 0 Å². The summed E-state index contributed by atoms with van der Waals surface area (Å²) >= 11 is 5.99. The van der Waals surface area contributed by atoms with Crippen molar-refractivity contribution in [1.29, 1.82) is 0 Å². The summed E-state index contributed by atoms with van der Waals surface area (Å²) in [5, 5.41) is 4.96.